The Balaban J connectivity index is 1.40. The van der Waals surface area contributed by atoms with Crippen molar-refractivity contribution in [2.75, 3.05) is 13.1 Å². The van der Waals surface area contributed by atoms with Gasteiger partial charge in [-0.05, 0) is 50.7 Å². The summed E-state index contributed by atoms with van der Waals surface area (Å²) in [6.07, 6.45) is 7.39. The van der Waals surface area contributed by atoms with E-state index in [2.05, 4.69) is 53.9 Å². The van der Waals surface area contributed by atoms with Crippen LogP contribution in [0.4, 0.5) is 0 Å². The number of ether oxygens (including phenoxy) is 1. The molecule has 0 aliphatic carbocycles. The minimum atomic E-state index is 0.366. The summed E-state index contributed by atoms with van der Waals surface area (Å²) < 4.78 is 5.94. The molecule has 4 rings (SSSR count). The molecule has 2 aliphatic heterocycles. The standard InChI is InChI=1S/C20H28N4O/c1-3-21-20(24-17-11-15-7-8-18(17)25-15)22-10-9-14-12-23-19-13(2)5-4-6-16(14)19/h4-6,12,15,17-18,23H,3,7-11H2,1-2H3,(H2,21,22,24). The fraction of sp³-hybridized carbons (Fsp3) is 0.550. The van der Waals surface area contributed by atoms with Crippen LogP contribution in [-0.2, 0) is 11.2 Å². The summed E-state index contributed by atoms with van der Waals surface area (Å²) in [4.78, 5) is 8.19. The molecule has 2 aromatic rings. The zero-order valence-corrected chi connectivity index (χ0v) is 15.1. The third kappa shape index (κ3) is 3.38. The van der Waals surface area contributed by atoms with Crippen molar-refractivity contribution in [3.63, 3.8) is 0 Å². The second kappa shape index (κ2) is 7.08. The summed E-state index contributed by atoms with van der Waals surface area (Å²) in [6, 6.07) is 6.87. The van der Waals surface area contributed by atoms with E-state index in [9.17, 15) is 0 Å². The molecule has 3 unspecified atom stereocenters. The highest BCUT2D eigenvalue weighted by atomic mass is 16.5. The maximum absolute atomic E-state index is 5.94. The monoisotopic (exact) mass is 340 g/mol. The number of aromatic nitrogens is 1. The molecule has 2 fully saturated rings. The van der Waals surface area contributed by atoms with Gasteiger partial charge in [0, 0.05) is 30.2 Å². The van der Waals surface area contributed by atoms with Gasteiger partial charge in [-0.3, -0.25) is 4.99 Å². The summed E-state index contributed by atoms with van der Waals surface area (Å²) in [5, 5.41) is 8.27. The molecule has 1 aromatic carbocycles. The van der Waals surface area contributed by atoms with Crippen molar-refractivity contribution >= 4 is 16.9 Å². The van der Waals surface area contributed by atoms with Crippen LogP contribution in [0.25, 0.3) is 10.9 Å². The molecule has 5 heteroatoms. The normalized spacial score (nSPS) is 25.7. The van der Waals surface area contributed by atoms with Gasteiger partial charge in [0.25, 0.3) is 0 Å². The molecule has 1 aromatic heterocycles. The number of hydrogen-bond acceptors (Lipinski definition) is 2. The molecular formula is C20H28N4O. The molecule has 3 heterocycles. The molecule has 2 aliphatic rings. The Labute approximate surface area is 149 Å². The first-order valence-corrected chi connectivity index (χ1v) is 9.50. The van der Waals surface area contributed by atoms with Gasteiger partial charge >= 0.3 is 0 Å². The molecular weight excluding hydrogens is 312 g/mol. The van der Waals surface area contributed by atoms with E-state index in [0.717, 1.165) is 31.9 Å². The Morgan fingerprint density at radius 3 is 3.04 bits per heavy atom. The van der Waals surface area contributed by atoms with Gasteiger partial charge in [-0.25, -0.2) is 0 Å². The Bertz CT molecular complexity index is 766. The summed E-state index contributed by atoms with van der Waals surface area (Å²) in [6.45, 7) is 5.90. The average molecular weight is 340 g/mol. The van der Waals surface area contributed by atoms with Crippen molar-refractivity contribution in [3.05, 3.63) is 35.5 Å². The third-order valence-electron chi connectivity index (χ3n) is 5.43. The number of aryl methyl sites for hydroxylation is 1. The number of H-pyrrole nitrogens is 1. The molecule has 134 valence electrons. The van der Waals surface area contributed by atoms with Gasteiger partial charge < -0.3 is 20.4 Å². The lowest BCUT2D eigenvalue weighted by Gasteiger charge is -2.22. The number of guanidine groups is 1. The van der Waals surface area contributed by atoms with E-state index in [1.54, 1.807) is 0 Å². The van der Waals surface area contributed by atoms with Gasteiger partial charge in [-0.1, -0.05) is 18.2 Å². The Morgan fingerprint density at radius 1 is 1.36 bits per heavy atom. The third-order valence-corrected chi connectivity index (χ3v) is 5.43. The fourth-order valence-electron chi connectivity index (χ4n) is 4.14. The highest BCUT2D eigenvalue weighted by molar-refractivity contribution is 5.86. The summed E-state index contributed by atoms with van der Waals surface area (Å²) in [5.41, 5.74) is 3.87. The fourth-order valence-corrected chi connectivity index (χ4v) is 4.14. The molecule has 0 amide bonds. The molecule has 0 spiro atoms. The van der Waals surface area contributed by atoms with E-state index in [4.69, 9.17) is 9.73 Å². The minimum absolute atomic E-state index is 0.366. The largest absolute Gasteiger partial charge is 0.373 e. The van der Waals surface area contributed by atoms with Crippen LogP contribution in [0.5, 0.6) is 0 Å². The van der Waals surface area contributed by atoms with Crippen LogP contribution in [0.1, 0.15) is 37.3 Å². The Hall–Kier alpha value is -2.01. The highest BCUT2D eigenvalue weighted by Gasteiger charge is 2.41. The van der Waals surface area contributed by atoms with Crippen molar-refractivity contribution in [1.29, 1.82) is 0 Å². The van der Waals surface area contributed by atoms with E-state index in [1.165, 1.54) is 34.9 Å². The second-order valence-electron chi connectivity index (χ2n) is 7.18. The highest BCUT2D eigenvalue weighted by Crippen LogP contribution is 2.34. The first-order chi connectivity index (χ1) is 12.2. The van der Waals surface area contributed by atoms with Crippen molar-refractivity contribution in [2.45, 2.75) is 57.8 Å². The van der Waals surface area contributed by atoms with Crippen molar-refractivity contribution in [2.24, 2.45) is 4.99 Å². The summed E-state index contributed by atoms with van der Waals surface area (Å²) >= 11 is 0. The number of nitrogens with zero attached hydrogens (tertiary/aromatic N) is 1. The molecule has 3 atom stereocenters. The predicted octanol–water partition coefficient (Wildman–Crippen LogP) is 2.89. The maximum atomic E-state index is 5.94. The van der Waals surface area contributed by atoms with Gasteiger partial charge in [0.1, 0.15) is 0 Å². The SMILES string of the molecule is CCNC(=NCCc1c[nH]c2c(C)cccc12)NC1CC2CCC1O2. The van der Waals surface area contributed by atoms with Crippen LogP contribution in [-0.4, -0.2) is 42.3 Å². The quantitative estimate of drug-likeness (QED) is 0.579. The minimum Gasteiger partial charge on any atom is -0.373 e. The van der Waals surface area contributed by atoms with E-state index < -0.39 is 0 Å². The molecule has 0 radical (unpaired) electrons. The zero-order valence-electron chi connectivity index (χ0n) is 15.1. The summed E-state index contributed by atoms with van der Waals surface area (Å²) in [5.74, 6) is 0.916. The van der Waals surface area contributed by atoms with Crippen molar-refractivity contribution in [1.82, 2.24) is 15.6 Å². The molecule has 0 saturated carbocycles. The van der Waals surface area contributed by atoms with Crippen LogP contribution in [0.3, 0.4) is 0 Å². The lowest BCUT2D eigenvalue weighted by Crippen LogP contribution is -2.47. The van der Waals surface area contributed by atoms with E-state index >= 15 is 0 Å². The van der Waals surface area contributed by atoms with Gasteiger partial charge in [-0.2, -0.15) is 0 Å². The maximum Gasteiger partial charge on any atom is 0.191 e. The molecule has 5 nitrogen and oxygen atoms in total. The Morgan fingerprint density at radius 2 is 2.28 bits per heavy atom. The number of fused-ring (bicyclic) bond motifs is 3. The molecule has 2 saturated heterocycles. The van der Waals surface area contributed by atoms with Crippen LogP contribution in [0.2, 0.25) is 0 Å². The van der Waals surface area contributed by atoms with Crippen LogP contribution >= 0.6 is 0 Å². The number of hydrogen-bond donors (Lipinski definition) is 3. The van der Waals surface area contributed by atoms with E-state index in [1.807, 2.05) is 0 Å². The van der Waals surface area contributed by atoms with Gasteiger partial charge in [-0.15, -0.1) is 0 Å². The zero-order chi connectivity index (χ0) is 17.2. The van der Waals surface area contributed by atoms with Gasteiger partial charge in [0.05, 0.1) is 18.2 Å². The van der Waals surface area contributed by atoms with Gasteiger partial charge in [0.2, 0.25) is 0 Å². The van der Waals surface area contributed by atoms with Gasteiger partial charge in [0.15, 0.2) is 5.96 Å². The summed E-state index contributed by atoms with van der Waals surface area (Å²) in [7, 11) is 0. The van der Waals surface area contributed by atoms with Crippen LogP contribution in [0, 0.1) is 6.92 Å². The average Bonchev–Trinajstić information content (AvgIpc) is 3.31. The smallest absolute Gasteiger partial charge is 0.191 e. The van der Waals surface area contributed by atoms with E-state index in [-0.39, 0.29) is 0 Å². The lowest BCUT2D eigenvalue weighted by atomic mass is 9.96. The lowest BCUT2D eigenvalue weighted by molar-refractivity contribution is 0.0992. The molecule has 25 heavy (non-hydrogen) atoms. The van der Waals surface area contributed by atoms with Crippen LogP contribution in [0.15, 0.2) is 29.4 Å². The number of benzene rings is 1. The van der Waals surface area contributed by atoms with Crippen LogP contribution < -0.4 is 10.6 Å². The molecule has 3 N–H and O–H groups in total. The second-order valence-corrected chi connectivity index (χ2v) is 7.18. The van der Waals surface area contributed by atoms with Crippen molar-refractivity contribution < 1.29 is 4.74 Å². The number of nitrogens with one attached hydrogen (secondary N) is 3. The first kappa shape index (κ1) is 16.5. The topological polar surface area (TPSA) is 61.4 Å². The number of para-hydroxylation sites is 1. The number of aliphatic imine (C=N–C) groups is 1. The van der Waals surface area contributed by atoms with Crippen molar-refractivity contribution in [3.8, 4) is 0 Å². The Kier molecular flexibility index (Phi) is 4.66. The predicted molar refractivity (Wildman–Crippen MR) is 102 cm³/mol. The first-order valence-electron chi connectivity index (χ1n) is 9.50. The number of aromatic amines is 1. The molecule has 2 bridgehead atoms. The van der Waals surface area contributed by atoms with E-state index in [0.29, 0.717) is 18.2 Å². The number of rotatable bonds is 5.